The summed E-state index contributed by atoms with van der Waals surface area (Å²) in [4.78, 5) is 0. The second-order valence-corrected chi connectivity index (χ2v) is 11.0. The van der Waals surface area contributed by atoms with E-state index in [1.54, 1.807) is 6.07 Å². The second kappa shape index (κ2) is 13.1. The minimum atomic E-state index is -1.13. The number of ether oxygens (including phenoxy) is 1. The summed E-state index contributed by atoms with van der Waals surface area (Å²) < 4.78 is 66.2. The van der Waals surface area contributed by atoms with Gasteiger partial charge >= 0.3 is 0 Å². The molecule has 0 aromatic heterocycles. The number of rotatable bonds is 10. The van der Waals surface area contributed by atoms with Crippen molar-refractivity contribution < 1.29 is 22.3 Å². The van der Waals surface area contributed by atoms with Crippen molar-refractivity contribution in [1.29, 1.82) is 0 Å². The average molecular weight is 517 g/mol. The van der Waals surface area contributed by atoms with Gasteiger partial charge in [0.05, 0.1) is 6.10 Å². The van der Waals surface area contributed by atoms with Gasteiger partial charge in [0, 0.05) is 17.7 Å². The zero-order chi connectivity index (χ0) is 26.4. The van der Waals surface area contributed by atoms with Crippen molar-refractivity contribution in [2.24, 2.45) is 11.8 Å². The van der Waals surface area contributed by atoms with Crippen LogP contribution in [0.25, 0.3) is 11.1 Å². The Morgan fingerprint density at radius 1 is 0.784 bits per heavy atom. The Bertz CT molecular complexity index is 1050. The lowest BCUT2D eigenvalue weighted by Gasteiger charge is -2.29. The van der Waals surface area contributed by atoms with Crippen molar-refractivity contribution >= 4 is 0 Å². The maximum Gasteiger partial charge on any atom is 0.167 e. The van der Waals surface area contributed by atoms with Crippen molar-refractivity contribution in [2.45, 2.75) is 96.0 Å². The highest BCUT2D eigenvalue weighted by molar-refractivity contribution is 5.66. The van der Waals surface area contributed by atoms with Crippen molar-refractivity contribution in [3.8, 4) is 11.1 Å². The molecule has 2 unspecified atom stereocenters. The van der Waals surface area contributed by atoms with Crippen molar-refractivity contribution in [2.75, 3.05) is 6.61 Å². The van der Waals surface area contributed by atoms with E-state index in [0.29, 0.717) is 30.2 Å². The molecule has 0 bridgehead atoms. The minimum absolute atomic E-state index is 0.0476. The third kappa shape index (κ3) is 6.66. The molecule has 5 heteroatoms. The first-order valence-corrected chi connectivity index (χ1v) is 14.1. The quantitative estimate of drug-likeness (QED) is 0.226. The highest BCUT2D eigenvalue weighted by Crippen LogP contribution is 2.40. The van der Waals surface area contributed by atoms with Gasteiger partial charge in [-0.1, -0.05) is 43.7 Å². The molecule has 4 rings (SSSR count). The Kier molecular flexibility index (Phi) is 9.86. The largest absolute Gasteiger partial charge is 0.378 e. The smallest absolute Gasteiger partial charge is 0.167 e. The van der Waals surface area contributed by atoms with E-state index in [2.05, 4.69) is 13.5 Å². The lowest BCUT2D eigenvalue weighted by atomic mass is 9.77. The van der Waals surface area contributed by atoms with Crippen LogP contribution in [-0.2, 0) is 11.2 Å². The maximum atomic E-state index is 15.1. The highest BCUT2D eigenvalue weighted by atomic mass is 19.2. The van der Waals surface area contributed by atoms with Gasteiger partial charge in [-0.25, -0.2) is 17.6 Å². The van der Waals surface area contributed by atoms with Gasteiger partial charge in [0.1, 0.15) is 0 Å². The maximum absolute atomic E-state index is 15.1. The van der Waals surface area contributed by atoms with Gasteiger partial charge in [0.2, 0.25) is 0 Å². The fourth-order valence-corrected chi connectivity index (χ4v) is 6.23. The van der Waals surface area contributed by atoms with Gasteiger partial charge in [-0.3, -0.25) is 0 Å². The summed E-state index contributed by atoms with van der Waals surface area (Å²) >= 11 is 0. The van der Waals surface area contributed by atoms with E-state index < -0.39 is 23.3 Å². The SMILES string of the molecule is C=CCCC1CCC(c2ccc(-c3ccc(CCC4CCC(CCC)CO4)c(F)c3F)c(F)c2F)CC1. The first-order valence-electron chi connectivity index (χ1n) is 14.1. The van der Waals surface area contributed by atoms with Crippen molar-refractivity contribution in [3.05, 3.63) is 71.3 Å². The van der Waals surface area contributed by atoms with E-state index in [4.69, 9.17) is 4.74 Å². The highest BCUT2D eigenvalue weighted by Gasteiger charge is 2.28. The molecule has 0 spiro atoms. The molecule has 1 aliphatic heterocycles. The lowest BCUT2D eigenvalue weighted by Crippen LogP contribution is -2.26. The van der Waals surface area contributed by atoms with Gasteiger partial charge in [-0.15, -0.1) is 6.58 Å². The Labute approximate surface area is 219 Å². The Morgan fingerprint density at radius 3 is 2.11 bits per heavy atom. The van der Waals surface area contributed by atoms with E-state index >= 15 is 13.2 Å². The Hall–Kier alpha value is -2.14. The lowest BCUT2D eigenvalue weighted by molar-refractivity contribution is -0.0216. The van der Waals surface area contributed by atoms with E-state index in [0.717, 1.165) is 70.8 Å². The Balaban J connectivity index is 1.42. The Morgan fingerprint density at radius 2 is 1.46 bits per heavy atom. The van der Waals surface area contributed by atoms with E-state index in [1.807, 2.05) is 6.08 Å². The molecule has 1 aliphatic carbocycles. The molecule has 2 aromatic rings. The number of aryl methyl sites for hydroxylation is 1. The van der Waals surface area contributed by atoms with E-state index in [9.17, 15) is 4.39 Å². The molecule has 0 radical (unpaired) electrons. The van der Waals surface area contributed by atoms with Gasteiger partial charge in [-0.2, -0.15) is 0 Å². The van der Waals surface area contributed by atoms with E-state index in [1.165, 1.54) is 18.2 Å². The van der Waals surface area contributed by atoms with Crippen LogP contribution in [-0.4, -0.2) is 12.7 Å². The summed E-state index contributed by atoms with van der Waals surface area (Å²) in [5, 5.41) is 0. The standard InChI is InChI=1S/C32H40F4O/c1-3-5-7-21-8-11-23(12-9-21)26-18-19-28(32(36)30(26)34)27-17-14-24(29(33)31(27)35)13-16-25-15-10-22(6-4-2)20-37-25/h3,14,17-19,21-23,25H,1,4-13,15-16,20H2,2H3. The minimum Gasteiger partial charge on any atom is -0.378 e. The summed E-state index contributed by atoms with van der Waals surface area (Å²) in [6.45, 7) is 6.66. The average Bonchev–Trinajstić information content (AvgIpc) is 2.92. The molecule has 202 valence electrons. The summed E-state index contributed by atoms with van der Waals surface area (Å²) in [6.07, 6.45) is 12.9. The molecule has 1 saturated carbocycles. The van der Waals surface area contributed by atoms with Crippen molar-refractivity contribution in [3.63, 3.8) is 0 Å². The van der Waals surface area contributed by atoms with Gasteiger partial charge in [0.15, 0.2) is 23.3 Å². The zero-order valence-corrected chi connectivity index (χ0v) is 22.0. The predicted octanol–water partition coefficient (Wildman–Crippen LogP) is 9.68. The van der Waals surface area contributed by atoms with Crippen molar-refractivity contribution in [1.82, 2.24) is 0 Å². The van der Waals surface area contributed by atoms with Gasteiger partial charge in [-0.05, 0) is 99.5 Å². The third-order valence-electron chi connectivity index (χ3n) is 8.53. The summed E-state index contributed by atoms with van der Waals surface area (Å²) in [6, 6.07) is 5.82. The topological polar surface area (TPSA) is 9.23 Å². The summed E-state index contributed by atoms with van der Waals surface area (Å²) in [7, 11) is 0. The van der Waals surface area contributed by atoms with Crippen LogP contribution in [0.15, 0.2) is 36.9 Å². The number of halogens is 4. The fourth-order valence-electron chi connectivity index (χ4n) is 6.23. The van der Waals surface area contributed by atoms with Crippen LogP contribution >= 0.6 is 0 Å². The molecule has 1 heterocycles. The molecular formula is C32H40F4O. The molecule has 2 atom stereocenters. The normalized spacial score (nSPS) is 24.2. The summed E-state index contributed by atoms with van der Waals surface area (Å²) in [5.41, 5.74) is 0.107. The van der Waals surface area contributed by atoms with Crippen LogP contribution in [0.1, 0.15) is 94.6 Å². The third-order valence-corrected chi connectivity index (χ3v) is 8.53. The van der Waals surface area contributed by atoms with Crippen LogP contribution < -0.4 is 0 Å². The summed E-state index contributed by atoms with van der Waals surface area (Å²) in [5.74, 6) is -3.01. The molecule has 1 nitrogen and oxygen atoms in total. The molecule has 37 heavy (non-hydrogen) atoms. The zero-order valence-electron chi connectivity index (χ0n) is 22.0. The van der Waals surface area contributed by atoms with Crippen LogP contribution in [0.3, 0.4) is 0 Å². The second-order valence-electron chi connectivity index (χ2n) is 11.0. The molecule has 2 aromatic carbocycles. The molecule has 1 saturated heterocycles. The van der Waals surface area contributed by atoms with Gasteiger partial charge in [0.25, 0.3) is 0 Å². The molecule has 2 fully saturated rings. The first-order chi connectivity index (χ1) is 17.9. The first kappa shape index (κ1) is 27.9. The van der Waals surface area contributed by atoms with Crippen LogP contribution in [0.2, 0.25) is 0 Å². The molecule has 0 amide bonds. The number of hydrogen-bond acceptors (Lipinski definition) is 1. The van der Waals surface area contributed by atoms with Gasteiger partial charge < -0.3 is 4.74 Å². The number of hydrogen-bond donors (Lipinski definition) is 0. The molecular weight excluding hydrogens is 476 g/mol. The monoisotopic (exact) mass is 516 g/mol. The van der Waals surface area contributed by atoms with Crippen LogP contribution in [0.5, 0.6) is 0 Å². The fraction of sp³-hybridized carbons (Fsp3) is 0.562. The number of benzene rings is 2. The molecule has 2 aliphatic rings. The predicted molar refractivity (Wildman–Crippen MR) is 142 cm³/mol. The van der Waals surface area contributed by atoms with Crippen LogP contribution in [0.4, 0.5) is 17.6 Å². The number of allylic oxidation sites excluding steroid dienone is 1. The van der Waals surface area contributed by atoms with E-state index in [-0.39, 0.29) is 28.7 Å². The molecule has 0 N–H and O–H groups in total. The van der Waals surface area contributed by atoms with Crippen LogP contribution in [0, 0.1) is 35.1 Å².